The number of hydrogen-bond donors (Lipinski definition) is 0. The summed E-state index contributed by atoms with van der Waals surface area (Å²) in [4.78, 5) is 15.6. The first-order valence-electron chi connectivity index (χ1n) is 5.77. The molecule has 0 aliphatic rings. The van der Waals surface area contributed by atoms with Crippen LogP contribution in [0.4, 0.5) is 5.69 Å². The molecule has 3 nitrogen and oxygen atoms in total. The lowest BCUT2D eigenvalue weighted by atomic mass is 10.2. The van der Waals surface area contributed by atoms with Crippen LogP contribution in [0.1, 0.15) is 15.9 Å². The maximum absolute atomic E-state index is 11.3. The van der Waals surface area contributed by atoms with Crippen molar-refractivity contribution in [3.05, 3.63) is 63.6 Å². The Hall–Kier alpha value is -1.84. The van der Waals surface area contributed by atoms with E-state index < -0.39 is 0 Å². The molecule has 0 fully saturated rings. The number of nitrogens with zero attached hydrogens (tertiary/aromatic N) is 1. The molecule has 2 aromatic carbocycles. The van der Waals surface area contributed by atoms with Crippen LogP contribution in [-0.2, 0) is 4.74 Å². The monoisotopic (exact) mass is 307 g/mol. The highest BCUT2D eigenvalue weighted by molar-refractivity contribution is 6.35. The Labute approximate surface area is 126 Å². The highest BCUT2D eigenvalue weighted by Crippen LogP contribution is 2.19. The van der Waals surface area contributed by atoms with Crippen molar-refractivity contribution in [2.24, 2.45) is 4.99 Å². The average molecular weight is 308 g/mol. The molecule has 0 heterocycles. The normalized spacial score (nSPS) is 10.8. The van der Waals surface area contributed by atoms with Gasteiger partial charge in [0.05, 0.1) is 18.4 Å². The van der Waals surface area contributed by atoms with Gasteiger partial charge >= 0.3 is 5.97 Å². The number of aliphatic imine (C=N–C) groups is 1. The van der Waals surface area contributed by atoms with Crippen LogP contribution in [0.25, 0.3) is 0 Å². The fourth-order valence-electron chi connectivity index (χ4n) is 1.60. The third kappa shape index (κ3) is 3.83. The minimum absolute atomic E-state index is 0.373. The molecule has 0 radical (unpaired) electrons. The van der Waals surface area contributed by atoms with Gasteiger partial charge in [-0.15, -0.1) is 0 Å². The standard InChI is InChI=1S/C15H11Cl2NO2/c1-20-15(19)11-2-4-14(5-3-11)18-9-10-6-12(16)8-13(17)7-10/h2-9H,1H3/b18-9+. The Morgan fingerprint density at radius 1 is 1.10 bits per heavy atom. The summed E-state index contributed by atoms with van der Waals surface area (Å²) in [6.45, 7) is 0. The Balaban J connectivity index is 2.17. The van der Waals surface area contributed by atoms with Crippen LogP contribution in [0.3, 0.4) is 0 Å². The molecular weight excluding hydrogens is 297 g/mol. The van der Waals surface area contributed by atoms with Crippen LogP contribution in [-0.4, -0.2) is 19.3 Å². The Kier molecular flexibility index (Phi) is 4.77. The lowest BCUT2D eigenvalue weighted by Crippen LogP contribution is -1.99. The van der Waals surface area contributed by atoms with E-state index >= 15 is 0 Å². The predicted octanol–water partition coefficient (Wildman–Crippen LogP) is 4.53. The zero-order valence-electron chi connectivity index (χ0n) is 10.6. The summed E-state index contributed by atoms with van der Waals surface area (Å²) in [5, 5.41) is 1.11. The zero-order valence-corrected chi connectivity index (χ0v) is 12.2. The van der Waals surface area contributed by atoms with Crippen LogP contribution in [0.5, 0.6) is 0 Å². The van der Waals surface area contributed by atoms with Gasteiger partial charge in [0, 0.05) is 16.3 Å². The van der Waals surface area contributed by atoms with E-state index in [4.69, 9.17) is 23.2 Å². The number of carbonyl (C=O) groups excluding carboxylic acids is 1. The van der Waals surface area contributed by atoms with Gasteiger partial charge in [0.1, 0.15) is 0 Å². The van der Waals surface area contributed by atoms with Gasteiger partial charge in [-0.05, 0) is 48.0 Å². The van der Waals surface area contributed by atoms with Crippen molar-refractivity contribution >= 4 is 41.1 Å². The minimum atomic E-state index is -0.373. The van der Waals surface area contributed by atoms with E-state index in [-0.39, 0.29) is 5.97 Å². The second-order valence-electron chi connectivity index (χ2n) is 4.00. The molecule has 0 aliphatic carbocycles. The van der Waals surface area contributed by atoms with E-state index in [0.29, 0.717) is 21.3 Å². The molecule has 0 N–H and O–H groups in total. The van der Waals surface area contributed by atoms with E-state index in [1.807, 2.05) is 0 Å². The van der Waals surface area contributed by atoms with Gasteiger partial charge in [-0.3, -0.25) is 4.99 Å². The van der Waals surface area contributed by atoms with Gasteiger partial charge in [0.2, 0.25) is 0 Å². The summed E-state index contributed by atoms with van der Waals surface area (Å²) in [5.74, 6) is -0.373. The molecule has 2 aromatic rings. The van der Waals surface area contributed by atoms with Crippen molar-refractivity contribution in [3.8, 4) is 0 Å². The van der Waals surface area contributed by atoms with Gasteiger partial charge in [-0.1, -0.05) is 23.2 Å². The third-order valence-corrected chi connectivity index (χ3v) is 2.97. The summed E-state index contributed by atoms with van der Waals surface area (Å²) in [7, 11) is 1.34. The van der Waals surface area contributed by atoms with Crippen molar-refractivity contribution in [1.29, 1.82) is 0 Å². The average Bonchev–Trinajstić information content (AvgIpc) is 2.44. The summed E-state index contributed by atoms with van der Waals surface area (Å²) in [6.07, 6.45) is 1.66. The van der Waals surface area contributed by atoms with E-state index in [1.165, 1.54) is 7.11 Å². The van der Waals surface area contributed by atoms with E-state index in [0.717, 1.165) is 5.56 Å². The van der Waals surface area contributed by atoms with Crippen LogP contribution in [0.2, 0.25) is 10.0 Å². The number of halogens is 2. The van der Waals surface area contributed by atoms with Gasteiger partial charge in [-0.2, -0.15) is 0 Å². The predicted molar refractivity (Wildman–Crippen MR) is 81.5 cm³/mol. The highest BCUT2D eigenvalue weighted by atomic mass is 35.5. The molecule has 0 bridgehead atoms. The first-order chi connectivity index (χ1) is 9.58. The number of esters is 1. The van der Waals surface area contributed by atoms with Crippen LogP contribution >= 0.6 is 23.2 Å². The number of rotatable bonds is 3. The van der Waals surface area contributed by atoms with Gasteiger partial charge < -0.3 is 4.74 Å². The maximum atomic E-state index is 11.3. The van der Waals surface area contributed by atoms with Gasteiger partial charge in [0.25, 0.3) is 0 Å². The van der Waals surface area contributed by atoms with Gasteiger partial charge in [0.15, 0.2) is 0 Å². The quantitative estimate of drug-likeness (QED) is 0.617. The first-order valence-corrected chi connectivity index (χ1v) is 6.52. The van der Waals surface area contributed by atoms with Crippen LogP contribution < -0.4 is 0 Å². The lowest BCUT2D eigenvalue weighted by Gasteiger charge is -2.00. The highest BCUT2D eigenvalue weighted by Gasteiger charge is 2.03. The zero-order chi connectivity index (χ0) is 14.5. The molecule has 0 amide bonds. The van der Waals surface area contributed by atoms with Crippen molar-refractivity contribution in [1.82, 2.24) is 0 Å². The maximum Gasteiger partial charge on any atom is 0.337 e. The van der Waals surface area contributed by atoms with Crippen molar-refractivity contribution in [3.63, 3.8) is 0 Å². The molecule has 0 aromatic heterocycles. The number of benzene rings is 2. The second-order valence-corrected chi connectivity index (χ2v) is 4.87. The Bertz CT molecular complexity index is 631. The smallest absolute Gasteiger partial charge is 0.337 e. The number of ether oxygens (including phenoxy) is 1. The minimum Gasteiger partial charge on any atom is -0.465 e. The summed E-state index contributed by atoms with van der Waals surface area (Å²) in [6, 6.07) is 12.0. The number of methoxy groups -OCH3 is 1. The van der Waals surface area contributed by atoms with Crippen molar-refractivity contribution in [2.75, 3.05) is 7.11 Å². The van der Waals surface area contributed by atoms with Crippen molar-refractivity contribution < 1.29 is 9.53 Å². The first kappa shape index (κ1) is 14.6. The fraction of sp³-hybridized carbons (Fsp3) is 0.0667. The summed E-state index contributed by atoms with van der Waals surface area (Å²) < 4.78 is 4.63. The molecule has 102 valence electrons. The molecule has 0 saturated heterocycles. The lowest BCUT2D eigenvalue weighted by molar-refractivity contribution is 0.0601. The van der Waals surface area contributed by atoms with E-state index in [1.54, 1.807) is 48.7 Å². The van der Waals surface area contributed by atoms with Crippen molar-refractivity contribution in [2.45, 2.75) is 0 Å². The largest absolute Gasteiger partial charge is 0.465 e. The molecule has 0 saturated carbocycles. The molecule has 20 heavy (non-hydrogen) atoms. The summed E-state index contributed by atoms with van der Waals surface area (Å²) in [5.41, 5.74) is 2.01. The summed E-state index contributed by atoms with van der Waals surface area (Å²) >= 11 is 11.8. The molecule has 0 aliphatic heterocycles. The molecule has 2 rings (SSSR count). The number of hydrogen-bond acceptors (Lipinski definition) is 3. The Morgan fingerprint density at radius 3 is 2.25 bits per heavy atom. The van der Waals surface area contributed by atoms with Crippen LogP contribution in [0.15, 0.2) is 47.5 Å². The molecule has 0 atom stereocenters. The molecular formula is C15H11Cl2NO2. The SMILES string of the molecule is COC(=O)c1ccc(/N=C/c2cc(Cl)cc(Cl)c2)cc1. The molecule has 5 heteroatoms. The van der Waals surface area contributed by atoms with Crippen LogP contribution in [0, 0.1) is 0 Å². The van der Waals surface area contributed by atoms with Gasteiger partial charge in [-0.25, -0.2) is 4.79 Å². The third-order valence-electron chi connectivity index (χ3n) is 2.54. The fourth-order valence-corrected chi connectivity index (χ4v) is 2.14. The molecule has 0 unspecified atom stereocenters. The van der Waals surface area contributed by atoms with E-state index in [2.05, 4.69) is 9.73 Å². The molecule has 0 spiro atoms. The Morgan fingerprint density at radius 2 is 1.70 bits per heavy atom. The number of carbonyl (C=O) groups is 1. The second kappa shape index (κ2) is 6.55. The van der Waals surface area contributed by atoms with E-state index in [9.17, 15) is 4.79 Å². The topological polar surface area (TPSA) is 38.7 Å².